The van der Waals surface area contributed by atoms with Crippen molar-refractivity contribution < 1.29 is 14.3 Å². The number of nitrogens with zero attached hydrogens (tertiary/aromatic N) is 4. The molecule has 0 spiro atoms. The fourth-order valence-corrected chi connectivity index (χ4v) is 3.11. The van der Waals surface area contributed by atoms with Gasteiger partial charge in [0.15, 0.2) is 0 Å². The van der Waals surface area contributed by atoms with E-state index in [0.29, 0.717) is 30.5 Å². The summed E-state index contributed by atoms with van der Waals surface area (Å²) in [7, 11) is 0. The summed E-state index contributed by atoms with van der Waals surface area (Å²) in [5, 5.41) is 0. The van der Waals surface area contributed by atoms with E-state index >= 15 is 0 Å². The third kappa shape index (κ3) is 5.15. The van der Waals surface area contributed by atoms with Gasteiger partial charge in [0, 0.05) is 30.2 Å². The normalized spacial score (nSPS) is 17.1. The van der Waals surface area contributed by atoms with E-state index in [0.717, 1.165) is 24.2 Å². The number of ether oxygens (including phenoxy) is 2. The van der Waals surface area contributed by atoms with Gasteiger partial charge in [0.05, 0.1) is 18.2 Å². The molecule has 27 heavy (non-hydrogen) atoms. The fraction of sp³-hybridized carbons (Fsp3) is 0.500. The van der Waals surface area contributed by atoms with Crippen molar-refractivity contribution in [2.45, 2.75) is 52.7 Å². The monoisotopic (exact) mass is 370 g/mol. The van der Waals surface area contributed by atoms with Crippen molar-refractivity contribution in [2.24, 2.45) is 0 Å². The second-order valence-electron chi connectivity index (χ2n) is 7.12. The molecule has 1 atom stereocenters. The first-order chi connectivity index (χ1) is 12.9. The van der Waals surface area contributed by atoms with E-state index in [2.05, 4.69) is 15.0 Å². The molecule has 0 N–H and O–H groups in total. The van der Waals surface area contributed by atoms with Crippen molar-refractivity contribution in [2.75, 3.05) is 13.1 Å². The van der Waals surface area contributed by atoms with Crippen LogP contribution in [-0.2, 0) is 0 Å². The molecule has 144 valence electrons. The number of amides is 1. The van der Waals surface area contributed by atoms with Gasteiger partial charge in [0.2, 0.25) is 5.88 Å². The van der Waals surface area contributed by atoms with Crippen LogP contribution in [0.15, 0.2) is 24.4 Å². The van der Waals surface area contributed by atoms with Gasteiger partial charge >= 0.3 is 6.01 Å². The molecule has 0 saturated carbocycles. The van der Waals surface area contributed by atoms with Crippen LogP contribution < -0.4 is 9.47 Å². The SMILES string of the molecule is Cc1cc(C)nc(OC2CCCN(C(=O)c3ccc(OC(C)C)nc3)C2)n1. The Morgan fingerprint density at radius 3 is 2.59 bits per heavy atom. The summed E-state index contributed by atoms with van der Waals surface area (Å²) in [5.41, 5.74) is 2.29. The predicted molar refractivity (Wildman–Crippen MR) is 101 cm³/mol. The van der Waals surface area contributed by atoms with E-state index < -0.39 is 0 Å². The Morgan fingerprint density at radius 1 is 1.22 bits per heavy atom. The van der Waals surface area contributed by atoms with Gasteiger partial charge in [-0.2, -0.15) is 0 Å². The highest BCUT2D eigenvalue weighted by Gasteiger charge is 2.26. The summed E-state index contributed by atoms with van der Waals surface area (Å²) < 4.78 is 11.5. The maximum atomic E-state index is 12.8. The first kappa shape index (κ1) is 19.1. The van der Waals surface area contributed by atoms with E-state index in [1.807, 2.05) is 33.8 Å². The highest BCUT2D eigenvalue weighted by atomic mass is 16.5. The van der Waals surface area contributed by atoms with Gasteiger partial charge in [-0.25, -0.2) is 15.0 Å². The zero-order valence-electron chi connectivity index (χ0n) is 16.3. The van der Waals surface area contributed by atoms with E-state index in [-0.39, 0.29) is 18.1 Å². The molecule has 2 aromatic rings. The van der Waals surface area contributed by atoms with Crippen LogP contribution in [0.1, 0.15) is 48.4 Å². The number of carbonyl (C=O) groups excluding carboxylic acids is 1. The summed E-state index contributed by atoms with van der Waals surface area (Å²) in [5.74, 6) is 0.474. The number of hydrogen-bond acceptors (Lipinski definition) is 6. The maximum absolute atomic E-state index is 12.8. The summed E-state index contributed by atoms with van der Waals surface area (Å²) in [6.07, 6.45) is 3.26. The molecule has 2 aromatic heterocycles. The van der Waals surface area contributed by atoms with Crippen LogP contribution >= 0.6 is 0 Å². The van der Waals surface area contributed by atoms with Gasteiger partial charge in [-0.15, -0.1) is 0 Å². The number of pyridine rings is 1. The van der Waals surface area contributed by atoms with Crippen molar-refractivity contribution in [1.82, 2.24) is 19.9 Å². The van der Waals surface area contributed by atoms with E-state index in [4.69, 9.17) is 9.47 Å². The molecule has 0 aliphatic carbocycles. The number of rotatable bonds is 5. The summed E-state index contributed by atoms with van der Waals surface area (Å²) in [6, 6.07) is 5.77. The summed E-state index contributed by atoms with van der Waals surface area (Å²) in [4.78, 5) is 27.5. The van der Waals surface area contributed by atoms with Gasteiger partial charge in [0.25, 0.3) is 5.91 Å². The molecule has 7 nitrogen and oxygen atoms in total. The van der Waals surface area contributed by atoms with Crippen LogP contribution in [0.25, 0.3) is 0 Å². The fourth-order valence-electron chi connectivity index (χ4n) is 3.11. The minimum absolute atomic E-state index is 0.0477. The first-order valence-electron chi connectivity index (χ1n) is 9.31. The minimum Gasteiger partial charge on any atom is -0.475 e. The second-order valence-corrected chi connectivity index (χ2v) is 7.12. The molecule has 0 radical (unpaired) electrons. The van der Waals surface area contributed by atoms with E-state index in [1.54, 1.807) is 23.2 Å². The Balaban J connectivity index is 1.63. The van der Waals surface area contributed by atoms with Crippen LogP contribution in [0.4, 0.5) is 0 Å². The lowest BCUT2D eigenvalue weighted by Crippen LogP contribution is -2.44. The van der Waals surface area contributed by atoms with E-state index in [1.165, 1.54) is 0 Å². The van der Waals surface area contributed by atoms with Gasteiger partial charge in [0.1, 0.15) is 6.10 Å². The maximum Gasteiger partial charge on any atom is 0.317 e. The zero-order valence-corrected chi connectivity index (χ0v) is 16.3. The van der Waals surface area contributed by atoms with Crippen molar-refractivity contribution in [3.05, 3.63) is 41.3 Å². The molecular weight excluding hydrogens is 344 g/mol. The largest absolute Gasteiger partial charge is 0.475 e. The lowest BCUT2D eigenvalue weighted by atomic mass is 10.1. The molecule has 1 unspecified atom stereocenters. The van der Waals surface area contributed by atoms with Crippen LogP contribution in [-0.4, -0.2) is 51.1 Å². The van der Waals surface area contributed by atoms with Crippen molar-refractivity contribution in [3.63, 3.8) is 0 Å². The highest BCUT2D eigenvalue weighted by Crippen LogP contribution is 2.19. The van der Waals surface area contributed by atoms with Crippen LogP contribution in [0, 0.1) is 13.8 Å². The summed E-state index contributed by atoms with van der Waals surface area (Å²) in [6.45, 7) is 8.92. The molecular formula is C20H26N4O3. The van der Waals surface area contributed by atoms with Crippen molar-refractivity contribution in [1.29, 1.82) is 0 Å². The molecule has 1 aliphatic rings. The number of piperidine rings is 1. The topological polar surface area (TPSA) is 77.4 Å². The lowest BCUT2D eigenvalue weighted by molar-refractivity contribution is 0.0514. The Labute approximate surface area is 159 Å². The van der Waals surface area contributed by atoms with Crippen LogP contribution in [0.3, 0.4) is 0 Å². The third-order valence-electron chi connectivity index (χ3n) is 4.24. The average Bonchev–Trinajstić information content (AvgIpc) is 2.60. The second kappa shape index (κ2) is 8.33. The molecule has 3 rings (SSSR count). The predicted octanol–water partition coefficient (Wildman–Crippen LogP) is 2.96. The standard InChI is InChI=1S/C20H26N4O3/c1-13(2)26-18-8-7-16(11-21-18)19(25)24-9-5-6-17(12-24)27-20-22-14(3)10-15(4)23-20/h7-8,10-11,13,17H,5-6,9,12H2,1-4H3. The molecule has 3 heterocycles. The average molecular weight is 370 g/mol. The molecule has 0 bridgehead atoms. The Bertz CT molecular complexity index is 772. The first-order valence-corrected chi connectivity index (χ1v) is 9.31. The molecule has 1 fully saturated rings. The van der Waals surface area contributed by atoms with Gasteiger partial charge < -0.3 is 14.4 Å². The number of likely N-dealkylation sites (tertiary alicyclic amines) is 1. The van der Waals surface area contributed by atoms with Gasteiger partial charge in [-0.05, 0) is 52.7 Å². The van der Waals surface area contributed by atoms with Crippen molar-refractivity contribution in [3.8, 4) is 11.9 Å². The Morgan fingerprint density at radius 2 is 1.96 bits per heavy atom. The lowest BCUT2D eigenvalue weighted by Gasteiger charge is -2.32. The number of hydrogen-bond donors (Lipinski definition) is 0. The third-order valence-corrected chi connectivity index (χ3v) is 4.24. The van der Waals surface area contributed by atoms with E-state index in [9.17, 15) is 4.79 Å². The molecule has 7 heteroatoms. The van der Waals surface area contributed by atoms with Gasteiger partial charge in [-0.1, -0.05) is 0 Å². The number of aromatic nitrogens is 3. The van der Waals surface area contributed by atoms with Crippen molar-refractivity contribution >= 4 is 5.91 Å². The Hall–Kier alpha value is -2.70. The van der Waals surface area contributed by atoms with Gasteiger partial charge in [-0.3, -0.25) is 4.79 Å². The Kier molecular flexibility index (Phi) is 5.88. The smallest absolute Gasteiger partial charge is 0.317 e. The minimum atomic E-state index is -0.111. The quantitative estimate of drug-likeness (QED) is 0.805. The molecule has 1 saturated heterocycles. The highest BCUT2D eigenvalue weighted by molar-refractivity contribution is 5.94. The number of aryl methyl sites for hydroxylation is 2. The zero-order chi connectivity index (χ0) is 19.4. The number of carbonyl (C=O) groups is 1. The van der Waals surface area contributed by atoms with Crippen LogP contribution in [0.2, 0.25) is 0 Å². The van der Waals surface area contributed by atoms with Crippen LogP contribution in [0.5, 0.6) is 11.9 Å². The summed E-state index contributed by atoms with van der Waals surface area (Å²) >= 11 is 0. The molecule has 0 aromatic carbocycles. The molecule has 1 aliphatic heterocycles. The molecule has 1 amide bonds.